The molecule has 1 aliphatic rings. The second kappa shape index (κ2) is 5.35. The summed E-state index contributed by atoms with van der Waals surface area (Å²) >= 11 is 0. The minimum absolute atomic E-state index is 0.231. The van der Waals surface area contributed by atoms with Crippen LogP contribution in [-0.4, -0.2) is 12.4 Å². The van der Waals surface area contributed by atoms with Crippen LogP contribution in [0.5, 0.6) is 5.75 Å². The standard InChI is InChI=1S/C15H20O2/c1-11-6-5-9-15(12(11)2)17-10-14(16)13-7-3-4-8-13/h5-6,9,13H,3-4,7-8,10H2,1-2H3. The summed E-state index contributed by atoms with van der Waals surface area (Å²) in [4.78, 5) is 11.9. The van der Waals surface area contributed by atoms with Crippen molar-refractivity contribution in [3.63, 3.8) is 0 Å². The first-order valence-corrected chi connectivity index (χ1v) is 6.40. The average molecular weight is 232 g/mol. The monoisotopic (exact) mass is 232 g/mol. The van der Waals surface area contributed by atoms with E-state index in [1.54, 1.807) is 0 Å². The maximum Gasteiger partial charge on any atom is 0.173 e. The Morgan fingerprint density at radius 3 is 2.71 bits per heavy atom. The Balaban J connectivity index is 1.93. The summed E-state index contributed by atoms with van der Waals surface area (Å²) in [6.07, 6.45) is 4.49. The van der Waals surface area contributed by atoms with E-state index in [9.17, 15) is 4.79 Å². The Kier molecular flexibility index (Phi) is 3.82. The predicted molar refractivity (Wildman–Crippen MR) is 68.4 cm³/mol. The minimum atomic E-state index is 0.231. The number of carbonyl (C=O) groups is 1. The third kappa shape index (κ3) is 2.87. The van der Waals surface area contributed by atoms with Gasteiger partial charge in [-0.25, -0.2) is 0 Å². The summed E-state index contributed by atoms with van der Waals surface area (Å²) in [5, 5.41) is 0. The van der Waals surface area contributed by atoms with Crippen molar-refractivity contribution in [2.24, 2.45) is 5.92 Å². The van der Waals surface area contributed by atoms with Gasteiger partial charge in [-0.05, 0) is 43.9 Å². The van der Waals surface area contributed by atoms with Crippen molar-refractivity contribution in [3.05, 3.63) is 29.3 Å². The molecular formula is C15H20O2. The maximum atomic E-state index is 11.9. The first kappa shape index (κ1) is 12.2. The summed E-state index contributed by atoms with van der Waals surface area (Å²) in [6, 6.07) is 5.96. The van der Waals surface area contributed by atoms with Gasteiger partial charge in [0.2, 0.25) is 0 Å². The van der Waals surface area contributed by atoms with E-state index in [1.807, 2.05) is 19.1 Å². The Morgan fingerprint density at radius 1 is 1.29 bits per heavy atom. The predicted octanol–water partition coefficient (Wildman–Crippen LogP) is 3.44. The third-order valence-electron chi connectivity index (χ3n) is 3.74. The smallest absolute Gasteiger partial charge is 0.173 e. The van der Waals surface area contributed by atoms with E-state index in [1.165, 1.54) is 18.4 Å². The maximum absolute atomic E-state index is 11.9. The topological polar surface area (TPSA) is 26.3 Å². The van der Waals surface area contributed by atoms with Crippen LogP contribution >= 0.6 is 0 Å². The molecule has 1 saturated carbocycles. The van der Waals surface area contributed by atoms with Crippen molar-refractivity contribution in [1.29, 1.82) is 0 Å². The number of hydrogen-bond acceptors (Lipinski definition) is 2. The van der Waals surface area contributed by atoms with E-state index in [-0.39, 0.29) is 18.3 Å². The molecule has 1 aromatic rings. The second-order valence-corrected chi connectivity index (χ2v) is 4.93. The Labute approximate surface area is 103 Å². The molecule has 1 aliphatic carbocycles. The largest absolute Gasteiger partial charge is 0.486 e. The molecule has 0 saturated heterocycles. The van der Waals surface area contributed by atoms with Gasteiger partial charge in [0.1, 0.15) is 12.4 Å². The highest BCUT2D eigenvalue weighted by Crippen LogP contribution is 2.26. The highest BCUT2D eigenvalue weighted by molar-refractivity contribution is 5.82. The van der Waals surface area contributed by atoms with Crippen molar-refractivity contribution in [2.75, 3.05) is 6.61 Å². The second-order valence-electron chi connectivity index (χ2n) is 4.93. The van der Waals surface area contributed by atoms with E-state index in [2.05, 4.69) is 13.0 Å². The lowest BCUT2D eigenvalue weighted by Gasteiger charge is -2.12. The van der Waals surface area contributed by atoms with Gasteiger partial charge in [0, 0.05) is 5.92 Å². The van der Waals surface area contributed by atoms with Crippen LogP contribution in [0.1, 0.15) is 36.8 Å². The molecule has 0 radical (unpaired) electrons. The van der Waals surface area contributed by atoms with E-state index in [4.69, 9.17) is 4.74 Å². The molecule has 0 bridgehead atoms. The van der Waals surface area contributed by atoms with Crippen LogP contribution in [0.4, 0.5) is 0 Å². The lowest BCUT2D eigenvalue weighted by Crippen LogP contribution is -2.19. The van der Waals surface area contributed by atoms with Gasteiger partial charge in [0.25, 0.3) is 0 Å². The number of benzene rings is 1. The van der Waals surface area contributed by atoms with Crippen molar-refractivity contribution >= 4 is 5.78 Å². The number of rotatable bonds is 4. The molecule has 0 unspecified atom stereocenters. The Hall–Kier alpha value is -1.31. The molecule has 0 aromatic heterocycles. The van der Waals surface area contributed by atoms with E-state index >= 15 is 0 Å². The van der Waals surface area contributed by atoms with Crippen LogP contribution in [-0.2, 0) is 4.79 Å². The molecule has 2 nitrogen and oxygen atoms in total. The zero-order valence-corrected chi connectivity index (χ0v) is 10.7. The molecule has 92 valence electrons. The molecule has 0 spiro atoms. The number of hydrogen-bond donors (Lipinski definition) is 0. The van der Waals surface area contributed by atoms with Crippen LogP contribution in [0.3, 0.4) is 0 Å². The van der Waals surface area contributed by atoms with Gasteiger partial charge in [-0.2, -0.15) is 0 Å². The van der Waals surface area contributed by atoms with Crippen molar-refractivity contribution in [2.45, 2.75) is 39.5 Å². The normalized spacial score (nSPS) is 16.1. The zero-order valence-electron chi connectivity index (χ0n) is 10.7. The molecule has 2 heteroatoms. The third-order valence-corrected chi connectivity index (χ3v) is 3.74. The van der Waals surface area contributed by atoms with Crippen molar-refractivity contribution in [3.8, 4) is 5.75 Å². The lowest BCUT2D eigenvalue weighted by molar-refractivity contribution is -0.124. The number of ketones is 1. The lowest BCUT2D eigenvalue weighted by atomic mass is 10.0. The fourth-order valence-corrected chi connectivity index (χ4v) is 2.40. The van der Waals surface area contributed by atoms with Crippen molar-refractivity contribution < 1.29 is 9.53 Å². The number of aryl methyl sites for hydroxylation is 1. The first-order valence-electron chi connectivity index (χ1n) is 6.40. The SMILES string of the molecule is Cc1cccc(OCC(=O)C2CCCC2)c1C. The van der Waals surface area contributed by atoms with Crippen LogP contribution in [0, 0.1) is 19.8 Å². The van der Waals surface area contributed by atoms with Crippen LogP contribution in [0.2, 0.25) is 0 Å². The Morgan fingerprint density at radius 2 is 2.00 bits per heavy atom. The molecular weight excluding hydrogens is 212 g/mol. The quantitative estimate of drug-likeness (QED) is 0.795. The van der Waals surface area contributed by atoms with E-state index < -0.39 is 0 Å². The van der Waals surface area contributed by atoms with Crippen molar-refractivity contribution in [1.82, 2.24) is 0 Å². The fourth-order valence-electron chi connectivity index (χ4n) is 2.40. The highest BCUT2D eigenvalue weighted by atomic mass is 16.5. The molecule has 1 fully saturated rings. The fraction of sp³-hybridized carbons (Fsp3) is 0.533. The summed E-state index contributed by atoms with van der Waals surface area (Å²) in [5.41, 5.74) is 2.34. The first-order chi connectivity index (χ1) is 8.18. The molecule has 0 atom stereocenters. The average Bonchev–Trinajstić information content (AvgIpc) is 2.84. The Bertz CT molecular complexity index is 403. The molecule has 0 N–H and O–H groups in total. The number of ether oxygens (including phenoxy) is 1. The van der Waals surface area contributed by atoms with E-state index in [0.717, 1.165) is 24.2 Å². The number of carbonyl (C=O) groups excluding carboxylic acids is 1. The van der Waals surface area contributed by atoms with Crippen LogP contribution in [0.25, 0.3) is 0 Å². The van der Waals surface area contributed by atoms with Gasteiger partial charge in [-0.15, -0.1) is 0 Å². The summed E-state index contributed by atoms with van der Waals surface area (Å²) in [5.74, 6) is 1.36. The van der Waals surface area contributed by atoms with Gasteiger partial charge in [-0.1, -0.05) is 25.0 Å². The minimum Gasteiger partial charge on any atom is -0.486 e. The summed E-state index contributed by atoms with van der Waals surface area (Å²) < 4.78 is 5.64. The van der Waals surface area contributed by atoms with Gasteiger partial charge in [0.15, 0.2) is 5.78 Å². The molecule has 2 rings (SSSR count). The van der Waals surface area contributed by atoms with Gasteiger partial charge in [0.05, 0.1) is 0 Å². The van der Waals surface area contributed by atoms with Gasteiger partial charge in [-0.3, -0.25) is 4.79 Å². The summed E-state index contributed by atoms with van der Waals surface area (Å²) in [6.45, 7) is 4.32. The zero-order chi connectivity index (χ0) is 12.3. The van der Waals surface area contributed by atoms with Gasteiger partial charge < -0.3 is 4.74 Å². The van der Waals surface area contributed by atoms with Gasteiger partial charge >= 0.3 is 0 Å². The van der Waals surface area contributed by atoms with Crippen LogP contribution in [0.15, 0.2) is 18.2 Å². The highest BCUT2D eigenvalue weighted by Gasteiger charge is 2.22. The molecule has 17 heavy (non-hydrogen) atoms. The van der Waals surface area contributed by atoms with E-state index in [0.29, 0.717) is 0 Å². The molecule has 0 heterocycles. The molecule has 1 aromatic carbocycles. The summed E-state index contributed by atoms with van der Waals surface area (Å²) in [7, 11) is 0. The molecule has 0 amide bonds. The number of Topliss-reactive ketones (excluding diaryl/α,β-unsaturated/α-hetero) is 1. The molecule has 0 aliphatic heterocycles. The van der Waals surface area contributed by atoms with Crippen LogP contribution < -0.4 is 4.74 Å².